The number of benzene rings is 1. The number of imide groups is 1. The minimum Gasteiger partial charge on any atom is -0.456 e. The van der Waals surface area contributed by atoms with E-state index in [4.69, 9.17) is 4.74 Å². The summed E-state index contributed by atoms with van der Waals surface area (Å²) in [5.74, 6) is -2.34. The lowest BCUT2D eigenvalue weighted by Crippen LogP contribution is -2.44. The van der Waals surface area contributed by atoms with Crippen molar-refractivity contribution in [2.45, 2.75) is 38.6 Å². The highest BCUT2D eigenvalue weighted by Crippen LogP contribution is 2.47. The highest BCUT2D eigenvalue weighted by molar-refractivity contribution is 8.17. The number of amidine groups is 1. The van der Waals surface area contributed by atoms with Crippen LogP contribution >= 0.6 is 11.8 Å². The molecular formula is C22H19N3O5S. The predicted octanol–water partition coefficient (Wildman–Crippen LogP) is 2.74. The lowest BCUT2D eigenvalue weighted by molar-refractivity contribution is -0.146. The fourth-order valence-electron chi connectivity index (χ4n) is 4.33. The normalized spacial score (nSPS) is 23.2. The van der Waals surface area contributed by atoms with E-state index < -0.39 is 23.8 Å². The third-order valence-electron chi connectivity index (χ3n) is 5.90. The fourth-order valence-corrected chi connectivity index (χ4v) is 5.69. The van der Waals surface area contributed by atoms with Gasteiger partial charge in [-0.05, 0) is 55.2 Å². The zero-order chi connectivity index (χ0) is 21.7. The van der Waals surface area contributed by atoms with Gasteiger partial charge in [0, 0.05) is 0 Å². The summed E-state index contributed by atoms with van der Waals surface area (Å²) in [6, 6.07) is 5.32. The van der Waals surface area contributed by atoms with Crippen LogP contribution < -0.4 is 0 Å². The van der Waals surface area contributed by atoms with Gasteiger partial charge in [-0.2, -0.15) is 4.99 Å². The third kappa shape index (κ3) is 3.23. The lowest BCUT2D eigenvalue weighted by atomic mass is 9.89. The van der Waals surface area contributed by atoms with E-state index in [1.54, 1.807) is 24.3 Å². The zero-order valence-corrected chi connectivity index (χ0v) is 17.6. The predicted molar refractivity (Wildman–Crippen MR) is 114 cm³/mol. The number of carbonyl (C=O) groups excluding carboxylic acids is 4. The lowest BCUT2D eigenvalue weighted by Gasteiger charge is -2.21. The first-order chi connectivity index (χ1) is 15.0. The minimum absolute atomic E-state index is 0.131. The zero-order valence-electron chi connectivity index (χ0n) is 16.8. The van der Waals surface area contributed by atoms with Crippen LogP contribution in [0.2, 0.25) is 0 Å². The Morgan fingerprint density at radius 3 is 2.52 bits per heavy atom. The van der Waals surface area contributed by atoms with Crippen molar-refractivity contribution in [1.82, 2.24) is 4.90 Å². The number of hydrogen-bond acceptors (Lipinski definition) is 7. The van der Waals surface area contributed by atoms with Crippen LogP contribution in [-0.4, -0.2) is 52.1 Å². The van der Waals surface area contributed by atoms with Crippen molar-refractivity contribution in [3.05, 3.63) is 45.9 Å². The number of carbonyl (C=O) groups is 4. The van der Waals surface area contributed by atoms with Gasteiger partial charge in [0.1, 0.15) is 12.0 Å². The first kappa shape index (κ1) is 19.9. The SMILES string of the molecule is CC(C(=O)OCC1=NC(=O)C2C(=N1)SC1=C2CCCC1)N1C(=O)c2ccccc2C1=O. The van der Waals surface area contributed by atoms with Crippen LogP contribution in [-0.2, 0) is 14.3 Å². The second-order valence-corrected chi connectivity index (χ2v) is 8.93. The maximum Gasteiger partial charge on any atom is 0.329 e. The van der Waals surface area contributed by atoms with Gasteiger partial charge >= 0.3 is 5.97 Å². The Balaban J connectivity index is 1.25. The van der Waals surface area contributed by atoms with Gasteiger partial charge in [0.2, 0.25) is 0 Å². The van der Waals surface area contributed by atoms with Crippen LogP contribution in [0.4, 0.5) is 0 Å². The molecule has 0 fully saturated rings. The fraction of sp³-hybridized carbons (Fsp3) is 0.364. The summed E-state index contributed by atoms with van der Waals surface area (Å²) in [4.78, 5) is 60.8. The van der Waals surface area contributed by atoms with Crippen molar-refractivity contribution in [3.8, 4) is 0 Å². The third-order valence-corrected chi connectivity index (χ3v) is 7.15. The number of esters is 1. The van der Waals surface area contributed by atoms with E-state index in [0.717, 1.165) is 36.2 Å². The highest BCUT2D eigenvalue weighted by Gasteiger charge is 2.42. The molecule has 2 unspecified atom stereocenters. The van der Waals surface area contributed by atoms with E-state index in [2.05, 4.69) is 9.98 Å². The summed E-state index contributed by atoms with van der Waals surface area (Å²) in [6.07, 6.45) is 4.04. The molecule has 1 aromatic rings. The van der Waals surface area contributed by atoms with Gasteiger partial charge in [-0.25, -0.2) is 9.79 Å². The van der Waals surface area contributed by atoms with Crippen molar-refractivity contribution >= 4 is 46.3 Å². The molecule has 0 spiro atoms. The summed E-state index contributed by atoms with van der Waals surface area (Å²) < 4.78 is 5.27. The smallest absolute Gasteiger partial charge is 0.329 e. The first-order valence-corrected chi connectivity index (χ1v) is 11.0. The Morgan fingerprint density at radius 1 is 1.13 bits per heavy atom. The Hall–Kier alpha value is -3.07. The number of fused-ring (bicyclic) bond motifs is 3. The molecule has 0 saturated heterocycles. The molecule has 9 heteroatoms. The van der Waals surface area contributed by atoms with Gasteiger partial charge in [0.05, 0.1) is 16.2 Å². The molecule has 0 bridgehead atoms. The molecule has 8 nitrogen and oxygen atoms in total. The van der Waals surface area contributed by atoms with Crippen LogP contribution in [0, 0.1) is 5.92 Å². The number of nitrogens with zero attached hydrogens (tertiary/aromatic N) is 3. The van der Waals surface area contributed by atoms with Gasteiger partial charge < -0.3 is 4.74 Å². The Bertz CT molecular complexity index is 1100. The summed E-state index contributed by atoms with van der Waals surface area (Å²) in [7, 11) is 0. The van der Waals surface area contributed by atoms with Crippen molar-refractivity contribution < 1.29 is 23.9 Å². The van der Waals surface area contributed by atoms with E-state index in [1.165, 1.54) is 23.6 Å². The molecule has 0 N–H and O–H groups in total. The van der Waals surface area contributed by atoms with Crippen LogP contribution in [0.3, 0.4) is 0 Å². The average Bonchev–Trinajstić information content (AvgIpc) is 3.27. The summed E-state index contributed by atoms with van der Waals surface area (Å²) in [5.41, 5.74) is 1.67. The minimum atomic E-state index is -1.11. The van der Waals surface area contributed by atoms with Gasteiger partial charge in [-0.1, -0.05) is 23.9 Å². The monoisotopic (exact) mass is 437 g/mol. The molecular weight excluding hydrogens is 418 g/mol. The number of aliphatic imine (C=N–C) groups is 2. The standard InChI is InChI=1S/C22H19N3O5S/c1-11(25-20(27)12-6-2-3-7-13(12)21(25)28)22(29)30-10-16-23-18(26)17-14-8-4-5-9-15(14)31-19(17)24-16/h2-3,6-7,11,17H,4-5,8-10H2,1H3. The van der Waals surface area contributed by atoms with Gasteiger partial charge in [0.25, 0.3) is 17.7 Å². The number of ether oxygens (including phenoxy) is 1. The topological polar surface area (TPSA) is 105 Å². The van der Waals surface area contributed by atoms with Crippen molar-refractivity contribution in [2.24, 2.45) is 15.9 Å². The maximum atomic E-state index is 12.6. The molecule has 1 aliphatic carbocycles. The molecule has 0 saturated carbocycles. The number of amides is 3. The van der Waals surface area contributed by atoms with Crippen molar-refractivity contribution in [2.75, 3.05) is 6.61 Å². The van der Waals surface area contributed by atoms with Crippen LogP contribution in [0.15, 0.2) is 44.7 Å². The molecule has 3 aliphatic heterocycles. The number of hydrogen-bond donors (Lipinski definition) is 0. The molecule has 3 heterocycles. The molecule has 0 aromatic heterocycles. The number of thioether (sulfide) groups is 1. The Labute approximate surface area is 182 Å². The number of allylic oxidation sites excluding steroid dienone is 1. The first-order valence-electron chi connectivity index (χ1n) is 10.2. The summed E-state index contributed by atoms with van der Waals surface area (Å²) in [5, 5.41) is 0.700. The molecule has 2 atom stereocenters. The molecule has 4 aliphatic rings. The summed E-state index contributed by atoms with van der Waals surface area (Å²) >= 11 is 1.53. The second-order valence-electron chi connectivity index (χ2n) is 7.82. The van der Waals surface area contributed by atoms with Crippen molar-refractivity contribution in [1.29, 1.82) is 0 Å². The molecule has 3 amide bonds. The Morgan fingerprint density at radius 2 is 1.81 bits per heavy atom. The van der Waals surface area contributed by atoms with Gasteiger partial charge in [0.15, 0.2) is 12.4 Å². The van der Waals surface area contributed by atoms with Crippen LogP contribution in [0.1, 0.15) is 53.3 Å². The van der Waals surface area contributed by atoms with E-state index in [0.29, 0.717) is 5.04 Å². The quantitative estimate of drug-likeness (QED) is 0.530. The van der Waals surface area contributed by atoms with E-state index >= 15 is 0 Å². The molecule has 0 radical (unpaired) electrons. The molecule has 31 heavy (non-hydrogen) atoms. The molecule has 5 rings (SSSR count). The van der Waals surface area contributed by atoms with E-state index in [9.17, 15) is 19.2 Å². The van der Waals surface area contributed by atoms with Crippen LogP contribution in [0.25, 0.3) is 0 Å². The Kier molecular flexibility index (Phi) is 4.85. The highest BCUT2D eigenvalue weighted by atomic mass is 32.2. The van der Waals surface area contributed by atoms with Crippen LogP contribution in [0.5, 0.6) is 0 Å². The van der Waals surface area contributed by atoms with E-state index in [1.807, 2.05) is 0 Å². The van der Waals surface area contributed by atoms with Gasteiger partial charge in [-0.3, -0.25) is 19.3 Å². The largest absolute Gasteiger partial charge is 0.456 e. The van der Waals surface area contributed by atoms with Gasteiger partial charge in [-0.15, -0.1) is 0 Å². The maximum absolute atomic E-state index is 12.6. The van der Waals surface area contributed by atoms with Crippen molar-refractivity contribution in [3.63, 3.8) is 0 Å². The summed E-state index contributed by atoms with van der Waals surface area (Å²) in [6.45, 7) is 1.14. The average molecular weight is 437 g/mol. The molecule has 1 aromatic carbocycles. The van der Waals surface area contributed by atoms with E-state index in [-0.39, 0.29) is 35.4 Å². The molecule has 158 valence electrons. The number of rotatable bonds is 4. The second kappa shape index (κ2) is 7.56.